The van der Waals surface area contributed by atoms with Crippen LogP contribution in [0.2, 0.25) is 0 Å². The highest BCUT2D eigenvalue weighted by atomic mass is 16.5. The van der Waals surface area contributed by atoms with E-state index in [1.54, 1.807) is 0 Å². The maximum absolute atomic E-state index is 12.6. The quantitative estimate of drug-likeness (QED) is 0.825. The fraction of sp³-hybridized carbons (Fsp3) is 0.857. The van der Waals surface area contributed by atoms with E-state index in [1.807, 2.05) is 9.80 Å². The molecule has 0 aliphatic carbocycles. The molecule has 6 nitrogen and oxygen atoms in total. The van der Waals surface area contributed by atoms with E-state index in [4.69, 9.17) is 9.84 Å². The van der Waals surface area contributed by atoms with E-state index in [1.165, 1.54) is 0 Å². The van der Waals surface area contributed by atoms with E-state index in [9.17, 15) is 9.59 Å². The maximum Gasteiger partial charge on any atom is 0.320 e. The Morgan fingerprint density at radius 3 is 2.25 bits per heavy atom. The van der Waals surface area contributed by atoms with Crippen LogP contribution < -0.4 is 0 Å². The van der Waals surface area contributed by atoms with Crippen molar-refractivity contribution in [1.82, 2.24) is 9.80 Å². The van der Waals surface area contributed by atoms with Gasteiger partial charge in [-0.3, -0.25) is 4.79 Å². The van der Waals surface area contributed by atoms with Crippen LogP contribution in [0.3, 0.4) is 0 Å². The highest BCUT2D eigenvalue weighted by Gasteiger charge is 2.44. The number of rotatable bonds is 2. The summed E-state index contributed by atoms with van der Waals surface area (Å²) in [5.74, 6) is -0.485. The number of aliphatic carboxylic acids is 1. The topological polar surface area (TPSA) is 70.1 Å². The largest absolute Gasteiger partial charge is 0.481 e. The minimum atomic E-state index is -0.720. The van der Waals surface area contributed by atoms with Crippen molar-refractivity contribution >= 4 is 12.0 Å². The predicted octanol–water partition coefficient (Wildman–Crippen LogP) is 1.16. The van der Waals surface area contributed by atoms with Crippen molar-refractivity contribution in [2.75, 3.05) is 26.3 Å². The van der Waals surface area contributed by atoms with Crippen LogP contribution >= 0.6 is 0 Å². The number of piperidine rings is 1. The molecule has 2 unspecified atom stereocenters. The van der Waals surface area contributed by atoms with E-state index in [-0.39, 0.29) is 30.5 Å². The number of morpholine rings is 1. The van der Waals surface area contributed by atoms with Gasteiger partial charge >= 0.3 is 12.0 Å². The highest BCUT2D eigenvalue weighted by Crippen LogP contribution is 2.40. The standard InChI is InChI=1S/C14H22N2O4/c17-13(18)9-10-7-11-1-2-12(8-10)16(11)14(19)15-3-5-20-6-4-15/h10-12H,1-9H2,(H,17,18). The number of fused-ring (bicyclic) bond motifs is 2. The number of carboxylic acid groups (broad SMARTS) is 1. The lowest BCUT2D eigenvalue weighted by atomic mass is 9.88. The summed E-state index contributed by atoms with van der Waals surface area (Å²) in [6, 6.07) is 0.622. The third-order valence-electron chi connectivity index (χ3n) is 4.80. The van der Waals surface area contributed by atoms with Gasteiger partial charge in [0.05, 0.1) is 13.2 Å². The molecule has 3 fully saturated rings. The van der Waals surface area contributed by atoms with E-state index >= 15 is 0 Å². The highest BCUT2D eigenvalue weighted by molar-refractivity contribution is 5.76. The predicted molar refractivity (Wildman–Crippen MR) is 71.4 cm³/mol. The zero-order valence-corrected chi connectivity index (χ0v) is 11.7. The molecule has 0 saturated carbocycles. The Hall–Kier alpha value is -1.30. The van der Waals surface area contributed by atoms with Crippen LogP contribution in [-0.4, -0.2) is 65.3 Å². The van der Waals surface area contributed by atoms with Crippen LogP contribution in [0.4, 0.5) is 4.79 Å². The number of ether oxygens (including phenoxy) is 1. The summed E-state index contributed by atoms with van der Waals surface area (Å²) < 4.78 is 5.29. The number of nitrogens with zero attached hydrogens (tertiary/aromatic N) is 2. The van der Waals surface area contributed by atoms with Gasteiger partial charge in [0.1, 0.15) is 0 Å². The molecule has 0 aromatic rings. The van der Waals surface area contributed by atoms with Gasteiger partial charge in [-0.25, -0.2) is 4.79 Å². The normalized spacial score (nSPS) is 33.3. The van der Waals surface area contributed by atoms with Gasteiger partial charge in [0.15, 0.2) is 0 Å². The van der Waals surface area contributed by atoms with Crippen molar-refractivity contribution in [3.63, 3.8) is 0 Å². The Morgan fingerprint density at radius 2 is 1.70 bits per heavy atom. The minimum Gasteiger partial charge on any atom is -0.481 e. The van der Waals surface area contributed by atoms with Crippen LogP contribution in [0.5, 0.6) is 0 Å². The fourth-order valence-corrected chi connectivity index (χ4v) is 3.93. The SMILES string of the molecule is O=C(O)CC1CC2CCC(C1)N2C(=O)N1CCOCC1. The molecular formula is C14H22N2O4. The third kappa shape index (κ3) is 2.61. The molecule has 0 aromatic heterocycles. The van der Waals surface area contributed by atoms with Gasteiger partial charge in [-0.1, -0.05) is 0 Å². The van der Waals surface area contributed by atoms with Crippen LogP contribution in [0, 0.1) is 5.92 Å². The number of carbonyl (C=O) groups excluding carboxylic acids is 1. The molecule has 112 valence electrons. The lowest BCUT2D eigenvalue weighted by Gasteiger charge is -2.42. The molecule has 3 saturated heterocycles. The lowest BCUT2D eigenvalue weighted by molar-refractivity contribution is -0.138. The van der Waals surface area contributed by atoms with Gasteiger partial charge in [0.25, 0.3) is 0 Å². The molecule has 2 atom stereocenters. The molecule has 2 amide bonds. The van der Waals surface area contributed by atoms with Gasteiger partial charge in [-0.2, -0.15) is 0 Å². The first-order chi connectivity index (χ1) is 9.65. The smallest absolute Gasteiger partial charge is 0.320 e. The first-order valence-corrected chi connectivity index (χ1v) is 7.52. The molecule has 3 aliphatic heterocycles. The molecule has 0 radical (unpaired) electrons. The number of amides is 2. The van der Waals surface area contributed by atoms with Gasteiger partial charge in [-0.05, 0) is 31.6 Å². The Morgan fingerprint density at radius 1 is 1.10 bits per heavy atom. The van der Waals surface area contributed by atoms with E-state index < -0.39 is 5.97 Å². The number of hydrogen-bond donors (Lipinski definition) is 1. The summed E-state index contributed by atoms with van der Waals surface area (Å²) in [6.07, 6.45) is 3.98. The third-order valence-corrected chi connectivity index (χ3v) is 4.80. The molecular weight excluding hydrogens is 260 g/mol. The van der Waals surface area contributed by atoms with Crippen molar-refractivity contribution in [3.05, 3.63) is 0 Å². The Balaban J connectivity index is 1.64. The monoisotopic (exact) mass is 282 g/mol. The van der Waals surface area contributed by atoms with Crippen molar-refractivity contribution in [1.29, 1.82) is 0 Å². The maximum atomic E-state index is 12.6. The lowest BCUT2D eigenvalue weighted by Crippen LogP contribution is -2.54. The van der Waals surface area contributed by atoms with Gasteiger partial charge in [0.2, 0.25) is 0 Å². The Labute approximate surface area is 118 Å². The molecule has 20 heavy (non-hydrogen) atoms. The van der Waals surface area contributed by atoms with Crippen molar-refractivity contribution < 1.29 is 19.4 Å². The van der Waals surface area contributed by atoms with Gasteiger partial charge in [-0.15, -0.1) is 0 Å². The van der Waals surface area contributed by atoms with E-state index in [0.717, 1.165) is 25.7 Å². The average Bonchev–Trinajstić information content (AvgIpc) is 2.70. The summed E-state index contributed by atoms with van der Waals surface area (Å²) in [5.41, 5.74) is 0. The summed E-state index contributed by atoms with van der Waals surface area (Å²) in [7, 11) is 0. The molecule has 0 aromatic carbocycles. The number of hydrogen-bond acceptors (Lipinski definition) is 3. The van der Waals surface area contributed by atoms with Crippen LogP contribution in [-0.2, 0) is 9.53 Å². The zero-order chi connectivity index (χ0) is 14.1. The number of carboxylic acids is 1. The molecule has 3 rings (SSSR count). The Bertz CT molecular complexity index is 381. The summed E-state index contributed by atoms with van der Waals surface area (Å²) in [6.45, 7) is 2.59. The Kier molecular flexibility index (Phi) is 3.83. The fourth-order valence-electron chi connectivity index (χ4n) is 3.93. The first-order valence-electron chi connectivity index (χ1n) is 7.52. The zero-order valence-electron chi connectivity index (χ0n) is 11.7. The molecule has 3 heterocycles. The van der Waals surface area contributed by atoms with Crippen LogP contribution in [0.1, 0.15) is 32.1 Å². The number of carbonyl (C=O) groups is 2. The minimum absolute atomic E-state index is 0.134. The van der Waals surface area contributed by atoms with Crippen molar-refractivity contribution in [2.24, 2.45) is 5.92 Å². The summed E-state index contributed by atoms with van der Waals surface area (Å²) in [5, 5.41) is 8.93. The first kappa shape index (κ1) is 13.7. The van der Waals surface area contributed by atoms with Crippen LogP contribution in [0.25, 0.3) is 0 Å². The number of urea groups is 1. The molecule has 0 spiro atoms. The van der Waals surface area contributed by atoms with E-state index in [0.29, 0.717) is 26.3 Å². The second-order valence-electron chi connectivity index (χ2n) is 6.11. The molecule has 3 aliphatic rings. The average molecular weight is 282 g/mol. The molecule has 1 N–H and O–H groups in total. The van der Waals surface area contributed by atoms with Crippen LogP contribution in [0.15, 0.2) is 0 Å². The van der Waals surface area contributed by atoms with E-state index in [2.05, 4.69) is 0 Å². The van der Waals surface area contributed by atoms with Crippen molar-refractivity contribution in [3.8, 4) is 0 Å². The second-order valence-corrected chi connectivity index (χ2v) is 6.11. The second kappa shape index (κ2) is 5.60. The van der Waals surface area contributed by atoms with Crippen molar-refractivity contribution in [2.45, 2.75) is 44.2 Å². The molecule has 6 heteroatoms. The molecule has 2 bridgehead atoms. The van der Waals surface area contributed by atoms with Gasteiger partial charge in [0, 0.05) is 31.6 Å². The van der Waals surface area contributed by atoms with Gasteiger partial charge < -0.3 is 19.6 Å². The summed E-state index contributed by atoms with van der Waals surface area (Å²) in [4.78, 5) is 27.4. The summed E-state index contributed by atoms with van der Waals surface area (Å²) >= 11 is 0.